The number of carbonyl (C=O) groups is 2. The monoisotopic (exact) mass is 243 g/mol. The highest BCUT2D eigenvalue weighted by molar-refractivity contribution is 6.06. The summed E-state index contributed by atoms with van der Waals surface area (Å²) in [6.45, 7) is 0.449. The van der Waals surface area contributed by atoms with E-state index in [1.807, 2.05) is 0 Å². The van der Waals surface area contributed by atoms with Gasteiger partial charge in [-0.1, -0.05) is 6.08 Å². The Balaban J connectivity index is 2.05. The Morgan fingerprint density at radius 1 is 1.33 bits per heavy atom. The van der Waals surface area contributed by atoms with E-state index in [2.05, 4.69) is 9.97 Å². The minimum Gasteiger partial charge on any atom is -0.275 e. The van der Waals surface area contributed by atoms with Crippen LogP contribution in [-0.2, 0) is 9.59 Å². The molecule has 2 rings (SSSR count). The Morgan fingerprint density at radius 3 is 2.89 bits per heavy atom. The number of allylic oxidation sites excluding steroid dienone is 1. The normalized spacial score (nSPS) is 16.0. The topological polar surface area (TPSA) is 63.2 Å². The molecule has 5 heteroatoms. The molecule has 18 heavy (non-hydrogen) atoms. The first-order chi connectivity index (χ1) is 8.77. The van der Waals surface area contributed by atoms with Gasteiger partial charge in [-0.15, -0.1) is 0 Å². The molecule has 0 unspecified atom stereocenters. The molecule has 0 aliphatic carbocycles. The van der Waals surface area contributed by atoms with Gasteiger partial charge in [-0.25, -0.2) is 9.97 Å². The first-order valence-corrected chi connectivity index (χ1v) is 5.74. The van der Waals surface area contributed by atoms with E-state index >= 15 is 0 Å². The summed E-state index contributed by atoms with van der Waals surface area (Å²) >= 11 is 0. The van der Waals surface area contributed by atoms with Gasteiger partial charge in [0.1, 0.15) is 0 Å². The van der Waals surface area contributed by atoms with Gasteiger partial charge >= 0.3 is 0 Å². The van der Waals surface area contributed by atoms with Crippen molar-refractivity contribution in [2.24, 2.45) is 0 Å². The van der Waals surface area contributed by atoms with Crippen LogP contribution < -0.4 is 0 Å². The van der Waals surface area contributed by atoms with Crippen molar-refractivity contribution in [3.05, 3.63) is 42.5 Å². The lowest BCUT2D eigenvalue weighted by Crippen LogP contribution is -2.34. The van der Waals surface area contributed by atoms with Crippen LogP contribution in [0.5, 0.6) is 0 Å². The van der Waals surface area contributed by atoms with Crippen LogP contribution >= 0.6 is 0 Å². The van der Waals surface area contributed by atoms with Gasteiger partial charge in [0, 0.05) is 25.0 Å². The fraction of sp³-hybridized carbons (Fsp3) is 0.231. The summed E-state index contributed by atoms with van der Waals surface area (Å²) < 4.78 is 0. The fourth-order valence-electron chi connectivity index (χ4n) is 1.60. The highest BCUT2D eigenvalue weighted by atomic mass is 16.2. The van der Waals surface area contributed by atoms with Crippen molar-refractivity contribution in [2.45, 2.75) is 12.8 Å². The van der Waals surface area contributed by atoms with Gasteiger partial charge < -0.3 is 0 Å². The summed E-state index contributed by atoms with van der Waals surface area (Å²) in [5, 5.41) is 0. The molecule has 2 heterocycles. The first kappa shape index (κ1) is 12.2. The summed E-state index contributed by atoms with van der Waals surface area (Å²) in [7, 11) is 0. The van der Waals surface area contributed by atoms with Crippen molar-refractivity contribution in [2.75, 3.05) is 6.54 Å². The minimum atomic E-state index is -0.334. The molecular formula is C13H13N3O2. The fourth-order valence-corrected chi connectivity index (χ4v) is 1.60. The van der Waals surface area contributed by atoms with Crippen molar-refractivity contribution >= 4 is 17.9 Å². The van der Waals surface area contributed by atoms with Gasteiger partial charge in [0.05, 0.1) is 0 Å². The molecule has 1 aliphatic heterocycles. The molecule has 1 aromatic heterocycles. The molecule has 1 aliphatic rings. The zero-order valence-electron chi connectivity index (χ0n) is 9.82. The summed E-state index contributed by atoms with van der Waals surface area (Å²) in [4.78, 5) is 32.6. The third-order valence-electron chi connectivity index (χ3n) is 2.51. The molecule has 5 nitrogen and oxygen atoms in total. The van der Waals surface area contributed by atoms with Gasteiger partial charge in [-0.05, 0) is 31.1 Å². The number of hydrogen-bond donors (Lipinski definition) is 0. The van der Waals surface area contributed by atoms with E-state index in [9.17, 15) is 9.59 Å². The third kappa shape index (κ3) is 3.10. The largest absolute Gasteiger partial charge is 0.275 e. The highest BCUT2D eigenvalue weighted by Gasteiger charge is 2.18. The maximum Gasteiger partial charge on any atom is 0.253 e. The Labute approximate surface area is 105 Å². The van der Waals surface area contributed by atoms with Crippen molar-refractivity contribution in [3.63, 3.8) is 0 Å². The van der Waals surface area contributed by atoms with Crippen LogP contribution in [0.4, 0.5) is 0 Å². The summed E-state index contributed by atoms with van der Waals surface area (Å²) in [6, 6.07) is 1.70. The SMILES string of the molecule is O=C1C=CCCCN1C(=O)/C=C/c1ncccn1. The molecule has 0 saturated carbocycles. The van der Waals surface area contributed by atoms with Gasteiger partial charge in [0.2, 0.25) is 0 Å². The zero-order valence-corrected chi connectivity index (χ0v) is 9.82. The van der Waals surface area contributed by atoms with Crippen molar-refractivity contribution in [1.82, 2.24) is 14.9 Å². The molecule has 0 N–H and O–H groups in total. The van der Waals surface area contributed by atoms with E-state index in [-0.39, 0.29) is 11.8 Å². The Bertz CT molecular complexity index is 494. The standard InChI is InChI=1S/C13H13N3O2/c17-12-5-2-1-3-10-16(12)13(18)7-6-11-14-8-4-9-15-11/h2,4-9H,1,3,10H2/b7-6+. The maximum atomic E-state index is 11.9. The Morgan fingerprint density at radius 2 is 2.11 bits per heavy atom. The van der Waals surface area contributed by atoms with Crippen molar-refractivity contribution < 1.29 is 9.59 Å². The van der Waals surface area contributed by atoms with Crippen LogP contribution in [0, 0.1) is 0 Å². The van der Waals surface area contributed by atoms with E-state index in [0.717, 1.165) is 12.8 Å². The number of amides is 2. The zero-order chi connectivity index (χ0) is 12.8. The quantitative estimate of drug-likeness (QED) is 0.732. The number of rotatable bonds is 2. The Hall–Kier alpha value is -2.30. The van der Waals surface area contributed by atoms with Crippen LogP contribution in [0.1, 0.15) is 18.7 Å². The summed E-state index contributed by atoms with van der Waals surface area (Å²) in [6.07, 6.45) is 10.9. The van der Waals surface area contributed by atoms with Gasteiger partial charge in [0.15, 0.2) is 5.82 Å². The van der Waals surface area contributed by atoms with Crippen molar-refractivity contribution in [3.8, 4) is 0 Å². The van der Waals surface area contributed by atoms with Gasteiger partial charge in [-0.2, -0.15) is 0 Å². The second-order valence-electron chi connectivity index (χ2n) is 3.81. The lowest BCUT2D eigenvalue weighted by atomic mass is 10.3. The van der Waals surface area contributed by atoms with E-state index in [0.29, 0.717) is 12.4 Å². The second kappa shape index (κ2) is 5.86. The highest BCUT2D eigenvalue weighted by Crippen LogP contribution is 2.06. The third-order valence-corrected chi connectivity index (χ3v) is 2.51. The molecule has 0 aromatic carbocycles. The lowest BCUT2D eigenvalue weighted by Gasteiger charge is -2.15. The molecule has 0 radical (unpaired) electrons. The van der Waals surface area contributed by atoms with Crippen LogP contribution in [0.15, 0.2) is 36.7 Å². The van der Waals surface area contributed by atoms with Crippen molar-refractivity contribution in [1.29, 1.82) is 0 Å². The second-order valence-corrected chi connectivity index (χ2v) is 3.81. The summed E-state index contributed by atoms with van der Waals surface area (Å²) in [5.74, 6) is -0.154. The Kier molecular flexibility index (Phi) is 3.96. The molecular weight excluding hydrogens is 230 g/mol. The number of carbonyl (C=O) groups excluding carboxylic acids is 2. The first-order valence-electron chi connectivity index (χ1n) is 5.74. The molecule has 0 atom stereocenters. The van der Waals surface area contributed by atoms with Gasteiger partial charge in [0.25, 0.3) is 11.8 Å². The van der Waals surface area contributed by atoms with E-state index in [1.165, 1.54) is 23.1 Å². The van der Waals surface area contributed by atoms with E-state index in [1.54, 1.807) is 24.5 Å². The minimum absolute atomic E-state index is 0.267. The van der Waals surface area contributed by atoms with Crippen LogP contribution in [0.25, 0.3) is 6.08 Å². The van der Waals surface area contributed by atoms with Crippen LogP contribution in [0.3, 0.4) is 0 Å². The maximum absolute atomic E-state index is 11.9. The number of aromatic nitrogens is 2. The van der Waals surface area contributed by atoms with Gasteiger partial charge in [-0.3, -0.25) is 14.5 Å². The number of nitrogens with zero attached hydrogens (tertiary/aromatic N) is 3. The molecule has 92 valence electrons. The number of imide groups is 1. The molecule has 1 aromatic rings. The predicted molar refractivity (Wildman–Crippen MR) is 66.2 cm³/mol. The molecule has 0 bridgehead atoms. The average molecular weight is 243 g/mol. The molecule has 2 amide bonds. The predicted octanol–water partition coefficient (Wildman–Crippen LogP) is 1.20. The van der Waals surface area contributed by atoms with Crippen LogP contribution in [0.2, 0.25) is 0 Å². The summed E-state index contributed by atoms with van der Waals surface area (Å²) in [5.41, 5.74) is 0. The van der Waals surface area contributed by atoms with Crippen LogP contribution in [-0.4, -0.2) is 33.2 Å². The average Bonchev–Trinajstić information content (AvgIpc) is 2.62. The van der Waals surface area contributed by atoms with E-state index < -0.39 is 0 Å². The van der Waals surface area contributed by atoms with E-state index in [4.69, 9.17) is 0 Å². The molecule has 0 fully saturated rings. The lowest BCUT2D eigenvalue weighted by molar-refractivity contribution is -0.138. The molecule has 0 saturated heterocycles. The molecule has 0 spiro atoms. The smallest absolute Gasteiger partial charge is 0.253 e. The number of hydrogen-bond acceptors (Lipinski definition) is 4.